The number of aromatic nitrogens is 1. The number of hydrogen-bond donors (Lipinski definition) is 2. The minimum atomic E-state index is 0.183. The number of rotatable bonds is 7. The predicted molar refractivity (Wildman–Crippen MR) is 76.8 cm³/mol. The zero-order valence-electron chi connectivity index (χ0n) is 11.0. The van der Waals surface area contributed by atoms with Gasteiger partial charge in [-0.05, 0) is 42.6 Å². The third-order valence-corrected chi connectivity index (χ3v) is 3.11. The third-order valence-electron chi connectivity index (χ3n) is 3.11. The maximum absolute atomic E-state index is 8.83. The molecule has 1 aromatic heterocycles. The maximum atomic E-state index is 8.83. The van der Waals surface area contributed by atoms with E-state index in [2.05, 4.69) is 34.6 Å². The number of hydrogen-bond acceptors (Lipinski definition) is 3. The topological polar surface area (TPSA) is 45.1 Å². The van der Waals surface area contributed by atoms with E-state index in [1.807, 2.05) is 30.6 Å². The molecule has 2 N–H and O–H groups in total. The van der Waals surface area contributed by atoms with Crippen molar-refractivity contribution in [1.82, 2.24) is 10.3 Å². The number of benzene rings is 1. The number of unbranched alkanes of at least 4 members (excludes halogenated alkanes) is 1. The van der Waals surface area contributed by atoms with Crippen molar-refractivity contribution in [2.24, 2.45) is 0 Å². The van der Waals surface area contributed by atoms with Gasteiger partial charge in [-0.15, -0.1) is 0 Å². The standard InChI is InChI=1S/C16H20N2O/c19-13-5-4-10-18-16(14-6-2-1-3-7-14)15-8-11-17-12-9-15/h1-3,6-9,11-12,16,18-19H,4-5,10,13H2. The molecule has 3 nitrogen and oxygen atoms in total. The highest BCUT2D eigenvalue weighted by atomic mass is 16.2. The van der Waals surface area contributed by atoms with Crippen LogP contribution >= 0.6 is 0 Å². The Morgan fingerprint density at radius 1 is 0.947 bits per heavy atom. The summed E-state index contributed by atoms with van der Waals surface area (Å²) in [6.07, 6.45) is 5.46. The van der Waals surface area contributed by atoms with Crippen LogP contribution in [0.25, 0.3) is 0 Å². The van der Waals surface area contributed by atoms with Crippen LogP contribution in [0.2, 0.25) is 0 Å². The van der Waals surface area contributed by atoms with Crippen molar-refractivity contribution in [3.63, 3.8) is 0 Å². The van der Waals surface area contributed by atoms with Crippen LogP contribution < -0.4 is 5.32 Å². The Morgan fingerprint density at radius 2 is 1.63 bits per heavy atom. The highest BCUT2D eigenvalue weighted by molar-refractivity contribution is 5.30. The van der Waals surface area contributed by atoms with Gasteiger partial charge in [0.2, 0.25) is 0 Å². The average Bonchev–Trinajstić information content (AvgIpc) is 2.49. The summed E-state index contributed by atoms with van der Waals surface area (Å²) in [6.45, 7) is 1.15. The molecule has 0 spiro atoms. The maximum Gasteiger partial charge on any atom is 0.0577 e. The van der Waals surface area contributed by atoms with Crippen LogP contribution in [-0.2, 0) is 0 Å². The Morgan fingerprint density at radius 3 is 2.32 bits per heavy atom. The summed E-state index contributed by atoms with van der Waals surface area (Å²) in [6, 6.07) is 14.7. The number of pyridine rings is 1. The van der Waals surface area contributed by atoms with Crippen LogP contribution in [0.3, 0.4) is 0 Å². The Kier molecular flexibility index (Phi) is 5.53. The van der Waals surface area contributed by atoms with E-state index in [1.165, 1.54) is 11.1 Å². The van der Waals surface area contributed by atoms with E-state index in [9.17, 15) is 0 Å². The summed E-state index contributed by atoms with van der Waals surface area (Å²) in [7, 11) is 0. The second-order valence-electron chi connectivity index (χ2n) is 4.51. The number of aliphatic hydroxyl groups is 1. The molecule has 1 atom stereocenters. The third kappa shape index (κ3) is 4.16. The van der Waals surface area contributed by atoms with Crippen LogP contribution in [0.15, 0.2) is 54.9 Å². The molecule has 1 unspecified atom stereocenters. The monoisotopic (exact) mass is 256 g/mol. The molecule has 100 valence electrons. The molecule has 0 bridgehead atoms. The van der Waals surface area contributed by atoms with Crippen molar-refractivity contribution >= 4 is 0 Å². The normalized spacial score (nSPS) is 12.3. The molecule has 0 fully saturated rings. The molecule has 0 aliphatic heterocycles. The zero-order chi connectivity index (χ0) is 13.3. The molecule has 0 amide bonds. The van der Waals surface area contributed by atoms with Crippen LogP contribution in [-0.4, -0.2) is 23.2 Å². The minimum absolute atomic E-state index is 0.183. The van der Waals surface area contributed by atoms with E-state index in [0.717, 1.165) is 19.4 Å². The van der Waals surface area contributed by atoms with Crippen molar-refractivity contribution < 1.29 is 5.11 Å². The predicted octanol–water partition coefficient (Wildman–Crippen LogP) is 2.53. The van der Waals surface area contributed by atoms with Crippen molar-refractivity contribution in [2.75, 3.05) is 13.2 Å². The van der Waals surface area contributed by atoms with Gasteiger partial charge in [0.25, 0.3) is 0 Å². The lowest BCUT2D eigenvalue weighted by Gasteiger charge is -2.19. The van der Waals surface area contributed by atoms with Gasteiger partial charge in [0.15, 0.2) is 0 Å². The van der Waals surface area contributed by atoms with Crippen molar-refractivity contribution in [3.05, 3.63) is 66.0 Å². The Hall–Kier alpha value is -1.71. The van der Waals surface area contributed by atoms with Gasteiger partial charge >= 0.3 is 0 Å². The first-order valence-electron chi connectivity index (χ1n) is 6.71. The second-order valence-corrected chi connectivity index (χ2v) is 4.51. The van der Waals surface area contributed by atoms with Crippen molar-refractivity contribution in [3.8, 4) is 0 Å². The Bertz CT molecular complexity index is 419. The highest BCUT2D eigenvalue weighted by Crippen LogP contribution is 2.21. The first-order valence-corrected chi connectivity index (χ1v) is 6.71. The largest absolute Gasteiger partial charge is 0.396 e. The fourth-order valence-electron chi connectivity index (χ4n) is 2.11. The number of nitrogens with one attached hydrogen (secondary N) is 1. The van der Waals surface area contributed by atoms with Crippen LogP contribution in [0, 0.1) is 0 Å². The van der Waals surface area contributed by atoms with Crippen molar-refractivity contribution in [1.29, 1.82) is 0 Å². The van der Waals surface area contributed by atoms with Gasteiger partial charge in [-0.2, -0.15) is 0 Å². The molecule has 2 rings (SSSR count). The molecule has 1 heterocycles. The smallest absolute Gasteiger partial charge is 0.0577 e. The summed E-state index contributed by atoms with van der Waals surface area (Å²) in [5.41, 5.74) is 2.46. The molecule has 0 radical (unpaired) electrons. The van der Waals surface area contributed by atoms with Gasteiger partial charge in [-0.25, -0.2) is 0 Å². The number of aliphatic hydroxyl groups excluding tert-OH is 1. The van der Waals surface area contributed by atoms with Crippen LogP contribution in [0.5, 0.6) is 0 Å². The number of nitrogens with zero attached hydrogens (tertiary/aromatic N) is 1. The second kappa shape index (κ2) is 7.67. The molecule has 0 saturated carbocycles. The molecule has 0 saturated heterocycles. The summed E-state index contributed by atoms with van der Waals surface area (Å²) < 4.78 is 0. The van der Waals surface area contributed by atoms with Crippen LogP contribution in [0.1, 0.15) is 30.0 Å². The van der Waals surface area contributed by atoms with E-state index in [-0.39, 0.29) is 12.6 Å². The van der Waals surface area contributed by atoms with Gasteiger partial charge in [0, 0.05) is 19.0 Å². The van der Waals surface area contributed by atoms with E-state index in [1.54, 1.807) is 0 Å². The highest BCUT2D eigenvalue weighted by Gasteiger charge is 2.12. The SMILES string of the molecule is OCCCCNC(c1ccccc1)c1ccncc1. The lowest BCUT2D eigenvalue weighted by molar-refractivity contribution is 0.283. The Labute approximate surface area is 114 Å². The summed E-state index contributed by atoms with van der Waals surface area (Å²) in [5, 5.41) is 12.4. The van der Waals surface area contributed by atoms with Crippen LogP contribution in [0.4, 0.5) is 0 Å². The van der Waals surface area contributed by atoms with E-state index >= 15 is 0 Å². The first-order chi connectivity index (χ1) is 9.42. The molecule has 3 heteroatoms. The van der Waals surface area contributed by atoms with E-state index < -0.39 is 0 Å². The fourth-order valence-corrected chi connectivity index (χ4v) is 2.11. The molecular weight excluding hydrogens is 236 g/mol. The average molecular weight is 256 g/mol. The molecule has 0 aliphatic rings. The summed E-state index contributed by atoms with van der Waals surface area (Å²) in [4.78, 5) is 4.07. The minimum Gasteiger partial charge on any atom is -0.396 e. The van der Waals surface area contributed by atoms with Gasteiger partial charge in [0.05, 0.1) is 6.04 Å². The molecule has 2 aromatic rings. The van der Waals surface area contributed by atoms with E-state index in [4.69, 9.17) is 5.11 Å². The fraction of sp³-hybridized carbons (Fsp3) is 0.312. The first kappa shape index (κ1) is 13.7. The molecule has 19 heavy (non-hydrogen) atoms. The lowest BCUT2D eigenvalue weighted by atomic mass is 9.99. The molecular formula is C16H20N2O. The summed E-state index contributed by atoms with van der Waals surface area (Å²) in [5.74, 6) is 0. The van der Waals surface area contributed by atoms with Gasteiger partial charge < -0.3 is 10.4 Å². The van der Waals surface area contributed by atoms with Gasteiger partial charge in [-0.3, -0.25) is 4.98 Å². The Balaban J connectivity index is 2.10. The van der Waals surface area contributed by atoms with Gasteiger partial charge in [0.1, 0.15) is 0 Å². The zero-order valence-corrected chi connectivity index (χ0v) is 11.0. The van der Waals surface area contributed by atoms with E-state index in [0.29, 0.717) is 0 Å². The lowest BCUT2D eigenvalue weighted by Crippen LogP contribution is -2.23. The van der Waals surface area contributed by atoms with Crippen molar-refractivity contribution in [2.45, 2.75) is 18.9 Å². The van der Waals surface area contributed by atoms with Gasteiger partial charge in [-0.1, -0.05) is 30.3 Å². The molecule has 0 aliphatic carbocycles. The quantitative estimate of drug-likeness (QED) is 0.748. The summed E-state index contributed by atoms with van der Waals surface area (Å²) >= 11 is 0. The molecule has 1 aromatic carbocycles.